The van der Waals surface area contributed by atoms with Gasteiger partial charge in [0.05, 0.1) is 12.4 Å². The Hall–Kier alpha value is -2.43. The number of hydrogen-bond donors (Lipinski definition) is 2. The van der Waals surface area contributed by atoms with Crippen LogP contribution in [0.2, 0.25) is 0 Å². The molecule has 4 rings (SSSR count). The molecule has 1 aliphatic carbocycles. The van der Waals surface area contributed by atoms with E-state index >= 15 is 0 Å². The molecule has 5 nitrogen and oxygen atoms in total. The zero-order valence-electron chi connectivity index (χ0n) is 11.0. The molecule has 1 aromatic carbocycles. The van der Waals surface area contributed by atoms with Crippen LogP contribution in [0.4, 0.5) is 5.82 Å². The van der Waals surface area contributed by atoms with Crippen LogP contribution in [0, 0.1) is 0 Å². The van der Waals surface area contributed by atoms with Crippen molar-refractivity contribution in [2.75, 3.05) is 5.32 Å². The van der Waals surface area contributed by atoms with Crippen molar-refractivity contribution in [2.45, 2.75) is 25.3 Å². The van der Waals surface area contributed by atoms with Gasteiger partial charge in [-0.2, -0.15) is 0 Å². The van der Waals surface area contributed by atoms with E-state index in [1.54, 1.807) is 12.7 Å². The largest absolute Gasteiger partial charge is 0.361 e. The van der Waals surface area contributed by atoms with Gasteiger partial charge in [-0.25, -0.2) is 15.0 Å². The van der Waals surface area contributed by atoms with E-state index in [-0.39, 0.29) is 0 Å². The summed E-state index contributed by atoms with van der Waals surface area (Å²) in [4.78, 5) is 15.8. The monoisotopic (exact) mass is 265 g/mol. The highest BCUT2D eigenvalue weighted by molar-refractivity contribution is 5.82. The molecule has 0 radical (unpaired) electrons. The second-order valence-electron chi connectivity index (χ2n) is 5.11. The lowest BCUT2D eigenvalue weighted by molar-refractivity contribution is 0.599. The summed E-state index contributed by atoms with van der Waals surface area (Å²) < 4.78 is 0. The lowest BCUT2D eigenvalue weighted by atomic mass is 9.88. The minimum Gasteiger partial charge on any atom is -0.361 e. The lowest BCUT2D eigenvalue weighted by Crippen LogP contribution is -2.18. The summed E-state index contributed by atoms with van der Waals surface area (Å²) in [5.74, 6) is 0.828. The van der Waals surface area contributed by atoms with Crippen LogP contribution in [0.5, 0.6) is 0 Å². The van der Waals surface area contributed by atoms with Gasteiger partial charge in [0, 0.05) is 0 Å². The molecule has 0 spiro atoms. The van der Waals surface area contributed by atoms with E-state index in [2.05, 4.69) is 49.5 Å². The molecule has 0 fully saturated rings. The first-order valence-corrected chi connectivity index (χ1v) is 6.90. The summed E-state index contributed by atoms with van der Waals surface area (Å²) in [5.41, 5.74) is 4.39. The standard InChI is InChI=1S/C15H15N5/c1-2-6-11-10(4-1)5-3-7-12(11)20-15-13-14(17-8-16-13)18-9-19-15/h1-2,4,6,8-9,12H,3,5,7H2,(H2,16,17,18,19,20). The van der Waals surface area contributed by atoms with E-state index in [1.165, 1.54) is 17.5 Å². The number of imidazole rings is 1. The third kappa shape index (κ3) is 1.82. The third-order valence-corrected chi connectivity index (χ3v) is 3.90. The van der Waals surface area contributed by atoms with Gasteiger partial charge in [0.25, 0.3) is 0 Å². The maximum atomic E-state index is 4.35. The highest BCUT2D eigenvalue weighted by Crippen LogP contribution is 2.32. The zero-order chi connectivity index (χ0) is 13.4. The molecule has 0 aliphatic heterocycles. The molecule has 2 heterocycles. The molecule has 2 aromatic heterocycles. The minimum atomic E-state index is 0.307. The fourth-order valence-electron chi connectivity index (χ4n) is 2.94. The number of fused-ring (bicyclic) bond motifs is 2. The number of nitrogens with zero attached hydrogens (tertiary/aromatic N) is 3. The molecule has 2 N–H and O–H groups in total. The van der Waals surface area contributed by atoms with Crippen LogP contribution in [-0.4, -0.2) is 19.9 Å². The minimum absolute atomic E-state index is 0.307. The third-order valence-electron chi connectivity index (χ3n) is 3.90. The van der Waals surface area contributed by atoms with Gasteiger partial charge in [0.1, 0.15) is 11.8 Å². The summed E-state index contributed by atoms with van der Waals surface area (Å²) in [7, 11) is 0. The number of benzene rings is 1. The van der Waals surface area contributed by atoms with Gasteiger partial charge in [0.2, 0.25) is 0 Å². The van der Waals surface area contributed by atoms with Crippen molar-refractivity contribution in [3.05, 3.63) is 48.0 Å². The van der Waals surface area contributed by atoms with Gasteiger partial charge < -0.3 is 10.3 Å². The molecule has 100 valence electrons. The van der Waals surface area contributed by atoms with Crippen LogP contribution in [0.3, 0.4) is 0 Å². The predicted molar refractivity (Wildman–Crippen MR) is 77.4 cm³/mol. The van der Waals surface area contributed by atoms with Crippen LogP contribution in [0.25, 0.3) is 11.2 Å². The van der Waals surface area contributed by atoms with Crippen molar-refractivity contribution in [2.24, 2.45) is 0 Å². The van der Waals surface area contributed by atoms with Gasteiger partial charge in [-0.3, -0.25) is 0 Å². The maximum Gasteiger partial charge on any atom is 0.182 e. The Bertz CT molecular complexity index is 749. The highest BCUT2D eigenvalue weighted by atomic mass is 15.1. The summed E-state index contributed by atoms with van der Waals surface area (Å²) in [6, 6.07) is 8.94. The Morgan fingerprint density at radius 1 is 1.15 bits per heavy atom. The molecule has 0 saturated carbocycles. The molecular weight excluding hydrogens is 250 g/mol. The molecule has 20 heavy (non-hydrogen) atoms. The molecule has 3 aromatic rings. The number of aromatic nitrogens is 4. The van der Waals surface area contributed by atoms with Gasteiger partial charge in [0.15, 0.2) is 11.5 Å². The summed E-state index contributed by atoms with van der Waals surface area (Å²) >= 11 is 0. The fourth-order valence-corrected chi connectivity index (χ4v) is 2.94. The second kappa shape index (κ2) is 4.59. The first kappa shape index (κ1) is 11.4. The number of aryl methyl sites for hydroxylation is 1. The number of rotatable bonds is 2. The number of anilines is 1. The molecule has 0 bridgehead atoms. The molecule has 1 unspecified atom stereocenters. The van der Waals surface area contributed by atoms with Gasteiger partial charge in [-0.05, 0) is 30.4 Å². The first-order valence-electron chi connectivity index (χ1n) is 6.90. The zero-order valence-corrected chi connectivity index (χ0v) is 11.0. The lowest BCUT2D eigenvalue weighted by Gasteiger charge is -2.26. The van der Waals surface area contributed by atoms with Crippen LogP contribution < -0.4 is 5.32 Å². The highest BCUT2D eigenvalue weighted by Gasteiger charge is 2.20. The van der Waals surface area contributed by atoms with Gasteiger partial charge >= 0.3 is 0 Å². The van der Waals surface area contributed by atoms with E-state index in [9.17, 15) is 0 Å². The summed E-state index contributed by atoms with van der Waals surface area (Å²) in [5, 5.41) is 3.54. The molecular formula is C15H15N5. The fraction of sp³-hybridized carbons (Fsp3) is 0.267. The van der Waals surface area contributed by atoms with Crippen molar-refractivity contribution >= 4 is 17.0 Å². The number of H-pyrrole nitrogens is 1. The van der Waals surface area contributed by atoms with E-state index in [1.807, 2.05) is 0 Å². The van der Waals surface area contributed by atoms with Crippen LogP contribution in [0.15, 0.2) is 36.9 Å². The van der Waals surface area contributed by atoms with Crippen molar-refractivity contribution in [1.29, 1.82) is 0 Å². The van der Waals surface area contributed by atoms with Crippen molar-refractivity contribution in [3.63, 3.8) is 0 Å². The molecule has 0 amide bonds. The first-order chi connectivity index (χ1) is 9.92. The van der Waals surface area contributed by atoms with Gasteiger partial charge in [-0.1, -0.05) is 24.3 Å². The average Bonchev–Trinajstić information content (AvgIpc) is 2.97. The molecule has 0 saturated heterocycles. The maximum absolute atomic E-state index is 4.35. The van der Waals surface area contributed by atoms with E-state index in [4.69, 9.17) is 0 Å². The SMILES string of the molecule is c1ccc2c(c1)CCCC2Nc1ncnc2nc[nH]c12. The number of nitrogens with one attached hydrogen (secondary N) is 2. The van der Waals surface area contributed by atoms with Crippen molar-refractivity contribution in [3.8, 4) is 0 Å². The van der Waals surface area contributed by atoms with Crippen LogP contribution >= 0.6 is 0 Å². The molecule has 5 heteroatoms. The van der Waals surface area contributed by atoms with Crippen molar-refractivity contribution in [1.82, 2.24) is 19.9 Å². The van der Waals surface area contributed by atoms with E-state index in [0.717, 1.165) is 24.2 Å². The van der Waals surface area contributed by atoms with E-state index in [0.29, 0.717) is 11.7 Å². The van der Waals surface area contributed by atoms with Gasteiger partial charge in [-0.15, -0.1) is 0 Å². The number of hydrogen-bond acceptors (Lipinski definition) is 4. The van der Waals surface area contributed by atoms with Crippen LogP contribution in [-0.2, 0) is 6.42 Å². The molecule has 1 aliphatic rings. The molecule has 1 atom stereocenters. The Labute approximate surface area is 116 Å². The smallest absolute Gasteiger partial charge is 0.182 e. The quantitative estimate of drug-likeness (QED) is 0.747. The van der Waals surface area contributed by atoms with Crippen LogP contribution in [0.1, 0.15) is 30.0 Å². The van der Waals surface area contributed by atoms with Crippen molar-refractivity contribution < 1.29 is 0 Å². The Morgan fingerprint density at radius 2 is 2.10 bits per heavy atom. The topological polar surface area (TPSA) is 66.5 Å². The summed E-state index contributed by atoms with van der Waals surface area (Å²) in [6.45, 7) is 0. The van der Waals surface area contributed by atoms with E-state index < -0.39 is 0 Å². The normalized spacial score (nSPS) is 17.9. The predicted octanol–water partition coefficient (Wildman–Crippen LogP) is 2.84. The number of aromatic amines is 1. The Kier molecular flexibility index (Phi) is 2.62. The Morgan fingerprint density at radius 3 is 3.10 bits per heavy atom. The summed E-state index contributed by atoms with van der Waals surface area (Å²) in [6.07, 6.45) is 6.69. The average molecular weight is 265 g/mol. The Balaban J connectivity index is 1.72. The second-order valence-corrected chi connectivity index (χ2v) is 5.11.